The lowest BCUT2D eigenvalue weighted by Gasteiger charge is -2.17. The third kappa shape index (κ3) is 3.72. The maximum atomic E-state index is 5.14. The second-order valence-electron chi connectivity index (χ2n) is 4.12. The molecule has 0 spiro atoms. The van der Waals surface area contributed by atoms with E-state index in [9.17, 15) is 0 Å². The molecule has 0 saturated heterocycles. The Morgan fingerprint density at radius 3 is 2.84 bits per heavy atom. The molecule has 5 nitrogen and oxygen atoms in total. The van der Waals surface area contributed by atoms with Crippen LogP contribution in [0.5, 0.6) is 5.88 Å². The lowest BCUT2D eigenvalue weighted by atomic mass is 10.1. The summed E-state index contributed by atoms with van der Waals surface area (Å²) in [6.07, 6.45) is 4.12. The van der Waals surface area contributed by atoms with Crippen molar-refractivity contribution in [3.05, 3.63) is 48.2 Å². The molecular formula is C14H18N4O. The third-order valence-corrected chi connectivity index (χ3v) is 2.82. The Morgan fingerprint density at radius 1 is 1.26 bits per heavy atom. The number of pyridine rings is 1. The van der Waals surface area contributed by atoms with E-state index < -0.39 is 0 Å². The zero-order valence-corrected chi connectivity index (χ0v) is 11.2. The van der Waals surface area contributed by atoms with Crippen molar-refractivity contribution in [1.29, 1.82) is 0 Å². The number of nitrogens with zero attached hydrogens (tertiary/aromatic N) is 3. The van der Waals surface area contributed by atoms with Crippen molar-refractivity contribution in [2.24, 2.45) is 0 Å². The van der Waals surface area contributed by atoms with Crippen LogP contribution in [0, 0.1) is 0 Å². The average Bonchev–Trinajstić information content (AvgIpc) is 2.48. The molecule has 1 atom stereocenters. The van der Waals surface area contributed by atoms with Gasteiger partial charge in [0, 0.05) is 24.4 Å². The minimum Gasteiger partial charge on any atom is -0.481 e. The van der Waals surface area contributed by atoms with Gasteiger partial charge >= 0.3 is 0 Å². The summed E-state index contributed by atoms with van der Waals surface area (Å²) in [7, 11) is 1.60. The van der Waals surface area contributed by atoms with Gasteiger partial charge in [-0.15, -0.1) is 0 Å². The van der Waals surface area contributed by atoms with Gasteiger partial charge in [0.2, 0.25) is 5.88 Å². The number of likely N-dealkylation sites (N-methyl/N-ethyl adjacent to an activating group) is 1. The van der Waals surface area contributed by atoms with E-state index in [4.69, 9.17) is 4.74 Å². The zero-order chi connectivity index (χ0) is 13.5. The van der Waals surface area contributed by atoms with Crippen molar-refractivity contribution >= 4 is 0 Å². The minimum atomic E-state index is 0.108. The van der Waals surface area contributed by atoms with Crippen LogP contribution in [0.15, 0.2) is 36.8 Å². The van der Waals surface area contributed by atoms with Gasteiger partial charge in [0.05, 0.1) is 18.8 Å². The number of hydrogen-bond acceptors (Lipinski definition) is 5. The second-order valence-corrected chi connectivity index (χ2v) is 4.12. The van der Waals surface area contributed by atoms with Crippen LogP contribution in [0.25, 0.3) is 0 Å². The number of nitrogens with one attached hydrogen (secondary N) is 1. The van der Waals surface area contributed by atoms with Gasteiger partial charge in [-0.25, -0.2) is 9.97 Å². The third-order valence-electron chi connectivity index (χ3n) is 2.82. The lowest BCUT2D eigenvalue weighted by molar-refractivity contribution is 0.393. The first kappa shape index (κ1) is 13.4. The summed E-state index contributed by atoms with van der Waals surface area (Å²) in [4.78, 5) is 12.7. The molecule has 0 amide bonds. The summed E-state index contributed by atoms with van der Waals surface area (Å²) < 4.78 is 5.14. The average molecular weight is 258 g/mol. The maximum absolute atomic E-state index is 5.14. The van der Waals surface area contributed by atoms with Gasteiger partial charge in [-0.05, 0) is 18.7 Å². The Bertz CT molecular complexity index is 504. The van der Waals surface area contributed by atoms with E-state index in [1.165, 1.54) is 6.33 Å². The molecule has 0 bridgehead atoms. The summed E-state index contributed by atoms with van der Waals surface area (Å²) in [5.74, 6) is 0.578. The van der Waals surface area contributed by atoms with Gasteiger partial charge in [0.25, 0.3) is 0 Å². The Balaban J connectivity index is 2.19. The zero-order valence-electron chi connectivity index (χ0n) is 11.2. The molecule has 5 heteroatoms. The fourth-order valence-corrected chi connectivity index (χ4v) is 1.91. The van der Waals surface area contributed by atoms with E-state index in [1.807, 2.05) is 24.3 Å². The molecule has 0 aromatic carbocycles. The van der Waals surface area contributed by atoms with Crippen LogP contribution < -0.4 is 10.1 Å². The molecule has 0 aliphatic heterocycles. The Hall–Kier alpha value is -2.01. The molecule has 2 aromatic heterocycles. The van der Waals surface area contributed by atoms with Gasteiger partial charge < -0.3 is 10.1 Å². The Labute approximate surface area is 113 Å². The summed E-state index contributed by atoms with van der Waals surface area (Å²) in [6.45, 7) is 2.94. The van der Waals surface area contributed by atoms with Crippen molar-refractivity contribution < 1.29 is 4.74 Å². The fourth-order valence-electron chi connectivity index (χ4n) is 1.91. The molecule has 0 aliphatic carbocycles. The highest BCUT2D eigenvalue weighted by Gasteiger charge is 2.14. The van der Waals surface area contributed by atoms with Crippen LogP contribution in [0.3, 0.4) is 0 Å². The van der Waals surface area contributed by atoms with Crippen molar-refractivity contribution in [1.82, 2.24) is 20.3 Å². The first-order valence-corrected chi connectivity index (χ1v) is 6.32. The van der Waals surface area contributed by atoms with E-state index in [2.05, 4.69) is 27.2 Å². The van der Waals surface area contributed by atoms with Crippen LogP contribution in [0.2, 0.25) is 0 Å². The van der Waals surface area contributed by atoms with Crippen molar-refractivity contribution in [3.8, 4) is 5.88 Å². The Morgan fingerprint density at radius 2 is 2.16 bits per heavy atom. The molecule has 2 heterocycles. The molecule has 0 radical (unpaired) electrons. The molecule has 0 fully saturated rings. The number of aromatic nitrogens is 3. The number of methoxy groups -OCH3 is 1. The van der Waals surface area contributed by atoms with Gasteiger partial charge in [-0.1, -0.05) is 13.0 Å². The van der Waals surface area contributed by atoms with Crippen LogP contribution in [-0.4, -0.2) is 28.6 Å². The summed E-state index contributed by atoms with van der Waals surface area (Å²) in [5.41, 5.74) is 1.95. The van der Waals surface area contributed by atoms with Crippen molar-refractivity contribution in [3.63, 3.8) is 0 Å². The van der Waals surface area contributed by atoms with Crippen LogP contribution in [0.1, 0.15) is 24.4 Å². The van der Waals surface area contributed by atoms with E-state index in [0.29, 0.717) is 5.88 Å². The molecule has 2 aromatic rings. The monoisotopic (exact) mass is 258 g/mol. The van der Waals surface area contributed by atoms with Gasteiger partial charge in [-0.3, -0.25) is 4.98 Å². The van der Waals surface area contributed by atoms with E-state index >= 15 is 0 Å². The molecule has 19 heavy (non-hydrogen) atoms. The summed E-state index contributed by atoms with van der Waals surface area (Å²) in [5, 5.41) is 3.41. The summed E-state index contributed by atoms with van der Waals surface area (Å²) in [6, 6.07) is 7.89. The minimum absolute atomic E-state index is 0.108. The molecule has 0 aliphatic rings. The molecule has 0 saturated carbocycles. The molecule has 1 unspecified atom stereocenters. The van der Waals surface area contributed by atoms with Gasteiger partial charge in [0.15, 0.2) is 0 Å². The predicted octanol–water partition coefficient (Wildman–Crippen LogP) is 1.77. The van der Waals surface area contributed by atoms with Gasteiger partial charge in [0.1, 0.15) is 6.33 Å². The smallest absolute Gasteiger partial charge is 0.216 e. The van der Waals surface area contributed by atoms with Crippen LogP contribution in [-0.2, 0) is 6.42 Å². The first-order valence-electron chi connectivity index (χ1n) is 6.32. The number of ether oxygens (including phenoxy) is 1. The van der Waals surface area contributed by atoms with Crippen molar-refractivity contribution in [2.75, 3.05) is 13.7 Å². The normalized spacial score (nSPS) is 12.1. The second kappa shape index (κ2) is 6.80. The fraction of sp³-hybridized carbons (Fsp3) is 0.357. The highest BCUT2D eigenvalue weighted by molar-refractivity contribution is 5.18. The SMILES string of the molecule is CCNC(Cc1ccccn1)c1cc(OC)ncn1. The highest BCUT2D eigenvalue weighted by Crippen LogP contribution is 2.17. The largest absolute Gasteiger partial charge is 0.481 e. The van der Waals surface area contributed by atoms with E-state index in [0.717, 1.165) is 24.4 Å². The Kier molecular flexibility index (Phi) is 4.80. The molecule has 100 valence electrons. The quantitative estimate of drug-likeness (QED) is 0.855. The molecular weight excluding hydrogens is 240 g/mol. The molecule has 1 N–H and O–H groups in total. The molecule has 2 rings (SSSR count). The van der Waals surface area contributed by atoms with E-state index in [1.54, 1.807) is 13.3 Å². The number of hydrogen-bond donors (Lipinski definition) is 1. The lowest BCUT2D eigenvalue weighted by Crippen LogP contribution is -2.24. The summed E-state index contributed by atoms with van der Waals surface area (Å²) >= 11 is 0. The van der Waals surface area contributed by atoms with Crippen molar-refractivity contribution in [2.45, 2.75) is 19.4 Å². The highest BCUT2D eigenvalue weighted by atomic mass is 16.5. The van der Waals surface area contributed by atoms with Gasteiger partial charge in [-0.2, -0.15) is 0 Å². The number of rotatable bonds is 6. The standard InChI is InChI=1S/C14H18N4O/c1-3-15-12(8-11-6-4-5-7-16-11)13-9-14(19-2)18-10-17-13/h4-7,9-10,12,15H,3,8H2,1-2H3. The van der Waals surface area contributed by atoms with Crippen LogP contribution in [0.4, 0.5) is 0 Å². The van der Waals surface area contributed by atoms with E-state index in [-0.39, 0.29) is 6.04 Å². The predicted molar refractivity (Wildman–Crippen MR) is 72.9 cm³/mol. The van der Waals surface area contributed by atoms with Crippen LogP contribution >= 0.6 is 0 Å². The first-order chi connectivity index (χ1) is 9.33. The maximum Gasteiger partial charge on any atom is 0.216 e. The topological polar surface area (TPSA) is 59.9 Å².